The lowest BCUT2D eigenvalue weighted by atomic mass is 10.0. The summed E-state index contributed by atoms with van der Waals surface area (Å²) in [6.07, 6.45) is 1.39. The van der Waals surface area contributed by atoms with Crippen LogP contribution in [0.2, 0.25) is 5.02 Å². The van der Waals surface area contributed by atoms with Crippen molar-refractivity contribution < 1.29 is 5.11 Å². The molecule has 0 saturated heterocycles. The molecule has 1 atom stereocenters. The van der Waals surface area contributed by atoms with Crippen molar-refractivity contribution in [3.63, 3.8) is 0 Å². The Kier molecular flexibility index (Phi) is 4.39. The van der Waals surface area contributed by atoms with Gasteiger partial charge in [-0.2, -0.15) is 0 Å². The van der Waals surface area contributed by atoms with Crippen molar-refractivity contribution in [2.24, 2.45) is 5.73 Å². The number of aliphatic hydroxyl groups excluding tert-OH is 1. The van der Waals surface area contributed by atoms with Crippen LogP contribution in [0.1, 0.15) is 17.5 Å². The van der Waals surface area contributed by atoms with E-state index in [4.69, 9.17) is 22.4 Å². The van der Waals surface area contributed by atoms with Crippen LogP contribution < -0.4 is 5.73 Å². The van der Waals surface area contributed by atoms with Crippen LogP contribution in [0.25, 0.3) is 0 Å². The minimum Gasteiger partial charge on any atom is -0.396 e. The van der Waals surface area contributed by atoms with Crippen LogP contribution in [0.15, 0.2) is 18.2 Å². The number of aryl methyl sites for hydroxylation is 1. The number of nitrogens with two attached hydrogens (primary N) is 1. The van der Waals surface area contributed by atoms with Crippen molar-refractivity contribution in [2.45, 2.75) is 25.8 Å². The fourth-order valence-corrected chi connectivity index (χ4v) is 1.54. The highest BCUT2D eigenvalue weighted by atomic mass is 35.5. The van der Waals surface area contributed by atoms with Gasteiger partial charge in [-0.05, 0) is 37.0 Å². The van der Waals surface area contributed by atoms with Crippen LogP contribution >= 0.6 is 11.6 Å². The Morgan fingerprint density at radius 3 is 2.79 bits per heavy atom. The molecule has 0 radical (unpaired) electrons. The summed E-state index contributed by atoms with van der Waals surface area (Å²) < 4.78 is 0. The number of rotatable bonds is 4. The van der Waals surface area contributed by atoms with E-state index in [1.54, 1.807) is 0 Å². The van der Waals surface area contributed by atoms with E-state index >= 15 is 0 Å². The molecule has 1 aromatic rings. The van der Waals surface area contributed by atoms with Crippen molar-refractivity contribution in [1.82, 2.24) is 0 Å². The van der Waals surface area contributed by atoms with Crippen molar-refractivity contribution in [3.8, 4) is 0 Å². The van der Waals surface area contributed by atoms with E-state index in [-0.39, 0.29) is 12.6 Å². The largest absolute Gasteiger partial charge is 0.396 e. The molecule has 0 saturated carbocycles. The predicted molar refractivity (Wildman–Crippen MR) is 59.6 cm³/mol. The van der Waals surface area contributed by atoms with Crippen LogP contribution in [0.3, 0.4) is 0 Å². The molecule has 0 aromatic heterocycles. The molecule has 78 valence electrons. The average Bonchev–Trinajstić information content (AvgIpc) is 2.12. The molecule has 1 rings (SSSR count). The molecule has 1 unspecified atom stereocenters. The highest BCUT2D eigenvalue weighted by Gasteiger charge is 2.04. The van der Waals surface area contributed by atoms with E-state index in [1.807, 2.05) is 25.1 Å². The molecule has 0 fully saturated rings. The minimum atomic E-state index is 0.0128. The Bertz CT molecular complexity index is 301. The van der Waals surface area contributed by atoms with Gasteiger partial charge in [0.15, 0.2) is 0 Å². The molecular weight excluding hydrogens is 198 g/mol. The first-order chi connectivity index (χ1) is 6.63. The van der Waals surface area contributed by atoms with Gasteiger partial charge in [-0.15, -0.1) is 0 Å². The highest BCUT2D eigenvalue weighted by Crippen LogP contribution is 2.17. The van der Waals surface area contributed by atoms with Crippen LogP contribution in [0.4, 0.5) is 0 Å². The van der Waals surface area contributed by atoms with Gasteiger partial charge in [-0.1, -0.05) is 23.7 Å². The Labute approximate surface area is 89.7 Å². The monoisotopic (exact) mass is 213 g/mol. The lowest BCUT2D eigenvalue weighted by molar-refractivity contribution is 0.275. The zero-order valence-corrected chi connectivity index (χ0v) is 9.09. The highest BCUT2D eigenvalue weighted by molar-refractivity contribution is 6.31. The number of hydrogen-bond donors (Lipinski definition) is 2. The van der Waals surface area contributed by atoms with E-state index in [0.717, 1.165) is 22.6 Å². The maximum absolute atomic E-state index is 8.71. The van der Waals surface area contributed by atoms with Gasteiger partial charge in [0.1, 0.15) is 0 Å². The number of aliphatic hydroxyl groups is 1. The van der Waals surface area contributed by atoms with E-state index < -0.39 is 0 Å². The van der Waals surface area contributed by atoms with Crippen LogP contribution in [0.5, 0.6) is 0 Å². The molecule has 2 nitrogen and oxygen atoms in total. The summed E-state index contributed by atoms with van der Waals surface area (Å²) in [5.41, 5.74) is 8.00. The maximum atomic E-state index is 8.71. The third kappa shape index (κ3) is 3.29. The molecule has 3 heteroatoms. The van der Waals surface area contributed by atoms with Gasteiger partial charge >= 0.3 is 0 Å². The fraction of sp³-hybridized carbons (Fsp3) is 0.455. The smallest absolute Gasteiger partial charge is 0.0445 e. The Hall–Kier alpha value is -0.570. The Morgan fingerprint density at radius 2 is 2.21 bits per heavy atom. The van der Waals surface area contributed by atoms with Gasteiger partial charge < -0.3 is 10.8 Å². The van der Waals surface area contributed by atoms with Gasteiger partial charge in [0.2, 0.25) is 0 Å². The molecular formula is C11H16ClNO. The SMILES string of the molecule is Cc1ccc(CC(N)CCO)cc1Cl. The summed E-state index contributed by atoms with van der Waals surface area (Å²) in [7, 11) is 0. The summed E-state index contributed by atoms with van der Waals surface area (Å²) >= 11 is 5.98. The number of hydrogen-bond acceptors (Lipinski definition) is 2. The van der Waals surface area contributed by atoms with E-state index in [9.17, 15) is 0 Å². The minimum absolute atomic E-state index is 0.0128. The summed E-state index contributed by atoms with van der Waals surface area (Å²) in [5, 5.41) is 9.48. The average molecular weight is 214 g/mol. The summed E-state index contributed by atoms with van der Waals surface area (Å²) in [5.74, 6) is 0. The molecule has 3 N–H and O–H groups in total. The van der Waals surface area contributed by atoms with Gasteiger partial charge in [-0.3, -0.25) is 0 Å². The standard InChI is InChI=1S/C11H16ClNO/c1-8-2-3-9(7-11(8)12)6-10(13)4-5-14/h2-3,7,10,14H,4-6,13H2,1H3. The maximum Gasteiger partial charge on any atom is 0.0445 e. The third-order valence-electron chi connectivity index (χ3n) is 2.23. The van der Waals surface area contributed by atoms with E-state index in [1.165, 1.54) is 0 Å². The second-order valence-electron chi connectivity index (χ2n) is 3.56. The topological polar surface area (TPSA) is 46.2 Å². The second kappa shape index (κ2) is 5.35. The molecule has 0 amide bonds. The molecule has 0 spiro atoms. The summed E-state index contributed by atoms with van der Waals surface area (Å²) in [6, 6.07) is 5.97. The molecule has 0 heterocycles. The first-order valence-corrected chi connectivity index (χ1v) is 5.12. The van der Waals surface area contributed by atoms with Gasteiger partial charge in [0.25, 0.3) is 0 Å². The van der Waals surface area contributed by atoms with Crippen LogP contribution in [-0.2, 0) is 6.42 Å². The second-order valence-corrected chi connectivity index (χ2v) is 3.97. The van der Waals surface area contributed by atoms with Crippen molar-refractivity contribution in [1.29, 1.82) is 0 Å². The van der Waals surface area contributed by atoms with Crippen molar-refractivity contribution >= 4 is 11.6 Å². The summed E-state index contributed by atoms with van der Waals surface area (Å²) in [4.78, 5) is 0. The van der Waals surface area contributed by atoms with Gasteiger partial charge in [0.05, 0.1) is 0 Å². The van der Waals surface area contributed by atoms with Crippen molar-refractivity contribution in [2.75, 3.05) is 6.61 Å². The normalized spacial score (nSPS) is 12.9. The Balaban J connectivity index is 2.63. The molecule has 1 aromatic carbocycles. The van der Waals surface area contributed by atoms with Crippen LogP contribution in [0, 0.1) is 6.92 Å². The van der Waals surface area contributed by atoms with Crippen LogP contribution in [-0.4, -0.2) is 17.8 Å². The van der Waals surface area contributed by atoms with E-state index in [2.05, 4.69) is 0 Å². The zero-order valence-electron chi connectivity index (χ0n) is 8.33. The quantitative estimate of drug-likeness (QED) is 0.803. The fourth-order valence-electron chi connectivity index (χ4n) is 1.33. The number of halogens is 1. The predicted octanol–water partition coefficient (Wildman–Crippen LogP) is 1.90. The molecule has 0 aliphatic heterocycles. The molecule has 0 bridgehead atoms. The molecule has 0 aliphatic carbocycles. The van der Waals surface area contributed by atoms with E-state index in [0.29, 0.717) is 6.42 Å². The first kappa shape index (κ1) is 11.5. The summed E-state index contributed by atoms with van der Waals surface area (Å²) in [6.45, 7) is 2.11. The first-order valence-electron chi connectivity index (χ1n) is 4.75. The van der Waals surface area contributed by atoms with Gasteiger partial charge in [-0.25, -0.2) is 0 Å². The molecule has 14 heavy (non-hydrogen) atoms. The Morgan fingerprint density at radius 1 is 1.50 bits per heavy atom. The van der Waals surface area contributed by atoms with Gasteiger partial charge in [0, 0.05) is 17.7 Å². The third-order valence-corrected chi connectivity index (χ3v) is 2.64. The zero-order chi connectivity index (χ0) is 10.6. The lowest BCUT2D eigenvalue weighted by Crippen LogP contribution is -2.23. The van der Waals surface area contributed by atoms with Crippen molar-refractivity contribution in [3.05, 3.63) is 34.3 Å². The number of benzene rings is 1. The molecule has 0 aliphatic rings. The lowest BCUT2D eigenvalue weighted by Gasteiger charge is -2.10.